The van der Waals surface area contributed by atoms with Gasteiger partial charge in [-0.3, -0.25) is 4.90 Å². The zero-order valence-corrected chi connectivity index (χ0v) is 15.8. The minimum Gasteiger partial charge on any atom is -0.369 e. The van der Waals surface area contributed by atoms with Crippen LogP contribution in [0.5, 0.6) is 0 Å². The molecule has 0 bridgehead atoms. The van der Waals surface area contributed by atoms with Gasteiger partial charge in [0.1, 0.15) is 0 Å². The van der Waals surface area contributed by atoms with Gasteiger partial charge < -0.3 is 4.90 Å². The van der Waals surface area contributed by atoms with Crippen LogP contribution in [0.4, 0.5) is 5.69 Å². The van der Waals surface area contributed by atoms with E-state index in [0.717, 1.165) is 31.9 Å². The lowest BCUT2D eigenvalue weighted by atomic mass is 10.1. The third-order valence-electron chi connectivity index (χ3n) is 5.26. The van der Waals surface area contributed by atoms with E-state index in [1.165, 1.54) is 23.2 Å². The molecule has 1 fully saturated rings. The van der Waals surface area contributed by atoms with Crippen molar-refractivity contribution in [3.05, 3.63) is 89.7 Å². The van der Waals surface area contributed by atoms with Crippen LogP contribution in [-0.2, 0) is 13.1 Å². The Morgan fingerprint density at radius 1 is 0.963 bits per heavy atom. The molecule has 1 atom stereocenters. The lowest BCUT2D eigenvalue weighted by Crippen LogP contribution is -2.36. The fourth-order valence-corrected chi connectivity index (χ4v) is 3.86. The van der Waals surface area contributed by atoms with E-state index in [-0.39, 0.29) is 0 Å². The standard InChI is InChI=1S/C23H26N4/c1-19-14-23(15-24-25-19)26-13-12-22(18-26)27(16-20-8-4-2-5-9-20)17-21-10-6-3-7-11-21/h2-11,14-15,22H,12-13,16-18H2,1H3. The average molecular weight is 358 g/mol. The number of aryl methyl sites for hydroxylation is 1. The van der Waals surface area contributed by atoms with Crippen LogP contribution in [0.15, 0.2) is 72.9 Å². The minimum atomic E-state index is 0.527. The number of nitrogens with zero attached hydrogens (tertiary/aromatic N) is 4. The molecule has 4 rings (SSSR count). The van der Waals surface area contributed by atoms with Crippen LogP contribution in [0.25, 0.3) is 0 Å². The van der Waals surface area contributed by atoms with Crippen molar-refractivity contribution in [1.29, 1.82) is 0 Å². The maximum Gasteiger partial charge on any atom is 0.0730 e. The van der Waals surface area contributed by atoms with E-state index in [4.69, 9.17) is 0 Å². The molecule has 4 nitrogen and oxygen atoms in total. The minimum absolute atomic E-state index is 0.527. The number of anilines is 1. The number of hydrogen-bond donors (Lipinski definition) is 0. The van der Waals surface area contributed by atoms with Gasteiger partial charge in [-0.15, -0.1) is 0 Å². The van der Waals surface area contributed by atoms with Crippen molar-refractivity contribution < 1.29 is 0 Å². The van der Waals surface area contributed by atoms with Gasteiger partial charge in [0.25, 0.3) is 0 Å². The van der Waals surface area contributed by atoms with Crippen molar-refractivity contribution in [3.8, 4) is 0 Å². The highest BCUT2D eigenvalue weighted by atomic mass is 15.3. The van der Waals surface area contributed by atoms with E-state index in [1.807, 2.05) is 13.1 Å². The van der Waals surface area contributed by atoms with Gasteiger partial charge in [-0.25, -0.2) is 0 Å². The maximum absolute atomic E-state index is 4.13. The van der Waals surface area contributed by atoms with Crippen LogP contribution in [0, 0.1) is 6.92 Å². The SMILES string of the molecule is Cc1cc(N2CCC(N(Cc3ccccc3)Cc3ccccc3)C2)cnn1. The molecule has 2 aromatic carbocycles. The number of benzene rings is 2. The van der Waals surface area contributed by atoms with E-state index in [9.17, 15) is 0 Å². The van der Waals surface area contributed by atoms with Crippen molar-refractivity contribution in [3.63, 3.8) is 0 Å². The molecule has 1 unspecified atom stereocenters. The summed E-state index contributed by atoms with van der Waals surface area (Å²) in [4.78, 5) is 5.06. The zero-order chi connectivity index (χ0) is 18.5. The first kappa shape index (κ1) is 17.7. The van der Waals surface area contributed by atoms with Gasteiger partial charge in [0.05, 0.1) is 17.6 Å². The fraction of sp³-hybridized carbons (Fsp3) is 0.304. The molecular weight excluding hydrogens is 332 g/mol. The predicted octanol–water partition coefficient (Wildman–Crippen LogP) is 4.07. The molecule has 0 amide bonds. The monoisotopic (exact) mass is 358 g/mol. The lowest BCUT2D eigenvalue weighted by molar-refractivity contribution is 0.191. The van der Waals surface area contributed by atoms with Gasteiger partial charge in [-0.1, -0.05) is 60.7 Å². The second-order valence-electron chi connectivity index (χ2n) is 7.32. The van der Waals surface area contributed by atoms with Crippen molar-refractivity contribution in [2.75, 3.05) is 18.0 Å². The number of aromatic nitrogens is 2. The Morgan fingerprint density at radius 2 is 1.59 bits per heavy atom. The van der Waals surface area contributed by atoms with Gasteiger partial charge in [0.15, 0.2) is 0 Å². The second kappa shape index (κ2) is 8.31. The normalized spacial score (nSPS) is 16.8. The Hall–Kier alpha value is -2.72. The van der Waals surface area contributed by atoms with Crippen LogP contribution in [-0.4, -0.2) is 34.2 Å². The third-order valence-corrected chi connectivity index (χ3v) is 5.26. The summed E-state index contributed by atoms with van der Waals surface area (Å²) in [5.41, 5.74) is 4.90. The quantitative estimate of drug-likeness (QED) is 0.665. The van der Waals surface area contributed by atoms with E-state index in [0.29, 0.717) is 6.04 Å². The van der Waals surface area contributed by atoms with E-state index in [1.54, 1.807) is 0 Å². The molecular formula is C23H26N4. The first-order chi connectivity index (χ1) is 13.3. The highest BCUT2D eigenvalue weighted by Gasteiger charge is 2.28. The molecule has 3 aromatic rings. The van der Waals surface area contributed by atoms with E-state index < -0.39 is 0 Å². The third kappa shape index (κ3) is 4.52. The van der Waals surface area contributed by atoms with Gasteiger partial charge in [-0.05, 0) is 30.5 Å². The smallest absolute Gasteiger partial charge is 0.0730 e. The van der Waals surface area contributed by atoms with E-state index in [2.05, 4.69) is 86.7 Å². The summed E-state index contributed by atoms with van der Waals surface area (Å²) in [5.74, 6) is 0. The molecule has 4 heteroatoms. The summed E-state index contributed by atoms with van der Waals surface area (Å²) in [6.45, 7) is 6.05. The fourth-order valence-electron chi connectivity index (χ4n) is 3.86. The van der Waals surface area contributed by atoms with Crippen molar-refractivity contribution >= 4 is 5.69 Å². The van der Waals surface area contributed by atoms with Crippen LogP contribution in [0.3, 0.4) is 0 Å². The zero-order valence-electron chi connectivity index (χ0n) is 15.8. The lowest BCUT2D eigenvalue weighted by Gasteiger charge is -2.29. The summed E-state index contributed by atoms with van der Waals surface area (Å²) in [5, 5.41) is 8.22. The van der Waals surface area contributed by atoms with Gasteiger partial charge >= 0.3 is 0 Å². The highest BCUT2D eigenvalue weighted by Crippen LogP contribution is 2.25. The number of rotatable bonds is 6. The molecule has 1 aromatic heterocycles. The summed E-state index contributed by atoms with van der Waals surface area (Å²) in [6, 6.07) is 24.2. The molecule has 1 saturated heterocycles. The van der Waals surface area contributed by atoms with Crippen LogP contribution >= 0.6 is 0 Å². The molecule has 27 heavy (non-hydrogen) atoms. The first-order valence-corrected chi connectivity index (χ1v) is 9.64. The average Bonchev–Trinajstić information content (AvgIpc) is 3.19. The topological polar surface area (TPSA) is 32.3 Å². The molecule has 1 aliphatic heterocycles. The predicted molar refractivity (Wildman–Crippen MR) is 110 cm³/mol. The molecule has 0 aliphatic carbocycles. The first-order valence-electron chi connectivity index (χ1n) is 9.64. The Bertz CT molecular complexity index is 809. The van der Waals surface area contributed by atoms with Gasteiger partial charge in [-0.2, -0.15) is 10.2 Å². The van der Waals surface area contributed by atoms with Crippen LogP contribution in [0.1, 0.15) is 23.2 Å². The second-order valence-corrected chi connectivity index (χ2v) is 7.32. The van der Waals surface area contributed by atoms with Crippen molar-refractivity contribution in [1.82, 2.24) is 15.1 Å². The molecule has 138 valence electrons. The Kier molecular flexibility index (Phi) is 5.45. The summed E-state index contributed by atoms with van der Waals surface area (Å²) < 4.78 is 0. The molecule has 0 spiro atoms. The molecule has 0 radical (unpaired) electrons. The molecule has 0 N–H and O–H groups in total. The molecule has 1 aliphatic rings. The Morgan fingerprint density at radius 3 is 2.19 bits per heavy atom. The van der Waals surface area contributed by atoms with Crippen LogP contribution < -0.4 is 4.90 Å². The summed E-state index contributed by atoms with van der Waals surface area (Å²) in [6.07, 6.45) is 3.05. The molecule has 0 saturated carbocycles. The largest absolute Gasteiger partial charge is 0.369 e. The summed E-state index contributed by atoms with van der Waals surface area (Å²) in [7, 11) is 0. The van der Waals surface area contributed by atoms with E-state index >= 15 is 0 Å². The van der Waals surface area contributed by atoms with Crippen molar-refractivity contribution in [2.24, 2.45) is 0 Å². The number of hydrogen-bond acceptors (Lipinski definition) is 4. The van der Waals surface area contributed by atoms with Crippen molar-refractivity contribution in [2.45, 2.75) is 32.5 Å². The van der Waals surface area contributed by atoms with Gasteiger partial charge in [0.2, 0.25) is 0 Å². The Balaban J connectivity index is 1.51. The Labute approximate surface area is 161 Å². The van der Waals surface area contributed by atoms with Crippen LogP contribution in [0.2, 0.25) is 0 Å². The highest BCUT2D eigenvalue weighted by molar-refractivity contribution is 5.46. The van der Waals surface area contributed by atoms with Gasteiger partial charge in [0, 0.05) is 32.2 Å². The summed E-state index contributed by atoms with van der Waals surface area (Å²) >= 11 is 0. The molecule has 2 heterocycles. The maximum atomic E-state index is 4.13.